The van der Waals surface area contributed by atoms with Crippen molar-refractivity contribution in [2.24, 2.45) is 10.8 Å². The summed E-state index contributed by atoms with van der Waals surface area (Å²) in [6.45, 7) is 2.27. The van der Waals surface area contributed by atoms with Gasteiger partial charge in [0.1, 0.15) is 16.0 Å². The second kappa shape index (κ2) is 9.09. The highest BCUT2D eigenvalue weighted by atomic mass is 35.5. The van der Waals surface area contributed by atoms with Gasteiger partial charge < -0.3 is 10.5 Å². The zero-order valence-electron chi connectivity index (χ0n) is 16.0. The number of carbonyl (C=O) groups is 1. The molecule has 28 heavy (non-hydrogen) atoms. The Morgan fingerprint density at radius 2 is 2.04 bits per heavy atom. The monoisotopic (exact) mass is 417 g/mol. The van der Waals surface area contributed by atoms with Crippen molar-refractivity contribution in [2.45, 2.75) is 30.7 Å². The molecule has 1 unspecified atom stereocenters. The first-order valence-electron chi connectivity index (χ1n) is 9.18. The lowest BCUT2D eigenvalue weighted by Gasteiger charge is -2.36. The molecule has 0 fully saturated rings. The number of hydrogen-bond donors (Lipinski definition) is 1. The van der Waals surface area contributed by atoms with E-state index in [1.165, 1.54) is 7.11 Å². The third-order valence-electron chi connectivity index (χ3n) is 4.72. The van der Waals surface area contributed by atoms with Crippen LogP contribution in [0.1, 0.15) is 30.9 Å². The van der Waals surface area contributed by atoms with Gasteiger partial charge in [-0.2, -0.15) is 5.10 Å². The van der Waals surface area contributed by atoms with Crippen LogP contribution >= 0.6 is 23.4 Å². The van der Waals surface area contributed by atoms with Gasteiger partial charge in [0.15, 0.2) is 0 Å². The van der Waals surface area contributed by atoms with Gasteiger partial charge in [-0.05, 0) is 44.0 Å². The van der Waals surface area contributed by atoms with E-state index in [4.69, 9.17) is 27.2 Å². The Hall–Kier alpha value is -1.86. The normalized spacial score (nSPS) is 20.1. The van der Waals surface area contributed by atoms with Gasteiger partial charge >= 0.3 is 0 Å². The fourth-order valence-corrected chi connectivity index (χ4v) is 4.75. The molecule has 1 heterocycles. The molecule has 0 saturated heterocycles. The van der Waals surface area contributed by atoms with Crippen LogP contribution in [0.3, 0.4) is 0 Å². The van der Waals surface area contributed by atoms with Crippen LogP contribution in [0.4, 0.5) is 0 Å². The van der Waals surface area contributed by atoms with E-state index in [0.29, 0.717) is 18.0 Å². The van der Waals surface area contributed by atoms with Crippen LogP contribution in [0.5, 0.6) is 0 Å². The molecule has 0 spiro atoms. The quantitative estimate of drug-likeness (QED) is 0.732. The summed E-state index contributed by atoms with van der Waals surface area (Å²) in [5.41, 5.74) is 7.71. The van der Waals surface area contributed by atoms with Gasteiger partial charge in [-0.15, -0.1) is 0 Å². The van der Waals surface area contributed by atoms with E-state index >= 15 is 0 Å². The number of thioether (sulfide) groups is 1. The Labute approximate surface area is 174 Å². The van der Waals surface area contributed by atoms with Crippen molar-refractivity contribution in [1.82, 2.24) is 5.01 Å². The molecular weight excluding hydrogens is 394 g/mol. The summed E-state index contributed by atoms with van der Waals surface area (Å²) in [7, 11) is 1.53. The highest BCUT2D eigenvalue weighted by Crippen LogP contribution is 2.50. The topological polar surface area (TPSA) is 67.9 Å². The number of carbonyl (C=O) groups excluding carboxylic acids is 1. The molecule has 0 saturated carbocycles. The highest BCUT2D eigenvalue weighted by Gasteiger charge is 2.49. The maximum absolute atomic E-state index is 13.2. The standard InChI is InChI=1S/C21H24ClN3O2S/c1-15(27-2)20(26)25-21(12-7-13-23,17-9-4-3-5-10-17)28-19(24-25)16-8-6-11-18(22)14-16/h3-6,8-11,14-15H,7,12-13,23H2,1-2H3/t15-,21?/m0/s1. The molecule has 0 aromatic heterocycles. The number of amides is 1. The molecule has 1 amide bonds. The third kappa shape index (κ3) is 4.10. The van der Waals surface area contributed by atoms with Crippen molar-refractivity contribution in [3.63, 3.8) is 0 Å². The van der Waals surface area contributed by atoms with E-state index in [0.717, 1.165) is 22.6 Å². The van der Waals surface area contributed by atoms with Gasteiger partial charge in [-0.25, -0.2) is 5.01 Å². The molecule has 3 rings (SSSR count). The molecule has 0 aliphatic carbocycles. The average molecular weight is 418 g/mol. The molecule has 0 radical (unpaired) electrons. The Bertz CT molecular complexity index is 862. The summed E-state index contributed by atoms with van der Waals surface area (Å²) in [6, 6.07) is 17.5. The number of ether oxygens (including phenoxy) is 1. The fourth-order valence-electron chi connectivity index (χ4n) is 3.16. The Kier molecular flexibility index (Phi) is 6.78. The van der Waals surface area contributed by atoms with Gasteiger partial charge in [0.05, 0.1) is 0 Å². The molecular formula is C21H24ClN3O2S. The maximum atomic E-state index is 13.2. The first kappa shape index (κ1) is 20.9. The minimum atomic E-state index is -0.678. The van der Waals surface area contributed by atoms with Crippen LogP contribution in [-0.2, 0) is 14.4 Å². The van der Waals surface area contributed by atoms with Crippen LogP contribution in [-0.4, -0.2) is 35.7 Å². The summed E-state index contributed by atoms with van der Waals surface area (Å²) in [5.74, 6) is -0.187. The summed E-state index contributed by atoms with van der Waals surface area (Å²) >= 11 is 7.75. The first-order valence-corrected chi connectivity index (χ1v) is 10.4. The van der Waals surface area contributed by atoms with Crippen LogP contribution in [0, 0.1) is 0 Å². The lowest BCUT2D eigenvalue weighted by atomic mass is 10.00. The second-order valence-electron chi connectivity index (χ2n) is 6.59. The van der Waals surface area contributed by atoms with Crippen LogP contribution in [0.15, 0.2) is 59.7 Å². The lowest BCUT2D eigenvalue weighted by molar-refractivity contribution is -0.144. The number of nitrogens with zero attached hydrogens (tertiary/aromatic N) is 2. The summed E-state index contributed by atoms with van der Waals surface area (Å²) in [5, 5.41) is 7.69. The largest absolute Gasteiger partial charge is 0.372 e. The molecule has 5 nitrogen and oxygen atoms in total. The zero-order valence-corrected chi connectivity index (χ0v) is 17.5. The summed E-state index contributed by atoms with van der Waals surface area (Å²) < 4.78 is 5.30. The fraction of sp³-hybridized carbons (Fsp3) is 0.333. The highest BCUT2D eigenvalue weighted by molar-refractivity contribution is 8.15. The van der Waals surface area contributed by atoms with Gasteiger partial charge in [0, 0.05) is 17.7 Å². The number of rotatable bonds is 7. The van der Waals surface area contributed by atoms with Crippen molar-refractivity contribution >= 4 is 34.3 Å². The average Bonchev–Trinajstić information content (AvgIpc) is 3.12. The molecule has 2 aromatic carbocycles. The molecule has 1 aliphatic rings. The number of hydrazone groups is 1. The molecule has 2 aromatic rings. The SMILES string of the molecule is CO[C@@H](C)C(=O)N1N=C(c2cccc(Cl)c2)SC1(CCCN)c1ccccc1. The molecule has 1 aliphatic heterocycles. The van der Waals surface area contributed by atoms with Crippen molar-refractivity contribution in [3.8, 4) is 0 Å². The maximum Gasteiger partial charge on any atom is 0.273 e. The zero-order chi connectivity index (χ0) is 20.1. The number of nitrogens with two attached hydrogens (primary N) is 1. The predicted octanol–water partition coefficient (Wildman–Crippen LogP) is 4.20. The molecule has 2 atom stereocenters. The second-order valence-corrected chi connectivity index (χ2v) is 8.29. The Morgan fingerprint density at radius 1 is 1.29 bits per heavy atom. The van der Waals surface area contributed by atoms with Crippen molar-refractivity contribution in [3.05, 3.63) is 70.7 Å². The molecule has 0 bridgehead atoms. The minimum absolute atomic E-state index is 0.187. The van der Waals surface area contributed by atoms with E-state index in [9.17, 15) is 4.79 Å². The van der Waals surface area contributed by atoms with Gasteiger partial charge in [0.25, 0.3) is 5.91 Å². The lowest BCUT2D eigenvalue weighted by Crippen LogP contribution is -2.46. The van der Waals surface area contributed by atoms with E-state index in [1.54, 1.807) is 23.7 Å². The van der Waals surface area contributed by atoms with Gasteiger partial charge in [-0.1, -0.05) is 65.8 Å². The van der Waals surface area contributed by atoms with Crippen LogP contribution in [0.2, 0.25) is 5.02 Å². The predicted molar refractivity (Wildman–Crippen MR) is 115 cm³/mol. The van der Waals surface area contributed by atoms with Crippen molar-refractivity contribution in [2.75, 3.05) is 13.7 Å². The molecule has 2 N–H and O–H groups in total. The smallest absolute Gasteiger partial charge is 0.273 e. The summed E-state index contributed by atoms with van der Waals surface area (Å²) in [6.07, 6.45) is 0.822. The van der Waals surface area contributed by atoms with E-state index in [-0.39, 0.29) is 5.91 Å². The molecule has 7 heteroatoms. The van der Waals surface area contributed by atoms with Gasteiger partial charge in [0.2, 0.25) is 0 Å². The Balaban J connectivity index is 2.11. The number of hydrogen-bond acceptors (Lipinski definition) is 5. The van der Waals surface area contributed by atoms with Gasteiger partial charge in [-0.3, -0.25) is 4.79 Å². The first-order chi connectivity index (χ1) is 13.5. The van der Waals surface area contributed by atoms with Crippen LogP contribution < -0.4 is 5.73 Å². The minimum Gasteiger partial charge on any atom is -0.372 e. The number of halogens is 1. The number of benzene rings is 2. The molecule has 148 valence electrons. The van der Waals surface area contributed by atoms with Crippen molar-refractivity contribution < 1.29 is 9.53 Å². The summed E-state index contributed by atoms with van der Waals surface area (Å²) in [4.78, 5) is 12.5. The van der Waals surface area contributed by atoms with Crippen molar-refractivity contribution in [1.29, 1.82) is 0 Å². The van der Waals surface area contributed by atoms with E-state index in [2.05, 4.69) is 0 Å². The third-order valence-corrected chi connectivity index (χ3v) is 6.42. The Morgan fingerprint density at radius 3 is 2.68 bits per heavy atom. The number of methoxy groups -OCH3 is 1. The van der Waals surface area contributed by atoms with E-state index in [1.807, 2.05) is 54.6 Å². The van der Waals surface area contributed by atoms with E-state index < -0.39 is 11.0 Å². The van der Waals surface area contributed by atoms with Crippen LogP contribution in [0.25, 0.3) is 0 Å².